The maximum absolute atomic E-state index is 13.2. The third-order valence-corrected chi connectivity index (χ3v) is 3.94. The largest absolute Gasteiger partial charge is 0.351 e. The predicted octanol–water partition coefficient (Wildman–Crippen LogP) is 0.524. The van der Waals surface area contributed by atoms with E-state index in [1.165, 1.54) is 6.92 Å². The monoisotopic (exact) mass is 278 g/mol. The molecule has 1 rings (SSSR count). The SMILES string of the molecule is CCS(=O)(=O)CCNC(=O)c1ccnc(F)c1F. The Hall–Kier alpha value is -1.57. The molecular formula is C10H12F2N2O3S. The van der Waals surface area contributed by atoms with Gasteiger partial charge in [0.1, 0.15) is 0 Å². The second-order valence-corrected chi connectivity index (χ2v) is 5.93. The van der Waals surface area contributed by atoms with E-state index >= 15 is 0 Å². The van der Waals surface area contributed by atoms with E-state index in [-0.39, 0.29) is 18.1 Å². The summed E-state index contributed by atoms with van der Waals surface area (Å²) in [6, 6.07) is 1.02. The van der Waals surface area contributed by atoms with E-state index in [2.05, 4.69) is 10.3 Å². The van der Waals surface area contributed by atoms with Crippen LogP contribution in [0.2, 0.25) is 0 Å². The zero-order valence-corrected chi connectivity index (χ0v) is 10.4. The highest BCUT2D eigenvalue weighted by Gasteiger charge is 2.16. The number of carbonyl (C=O) groups excluding carboxylic acids is 1. The lowest BCUT2D eigenvalue weighted by atomic mass is 10.2. The van der Waals surface area contributed by atoms with Gasteiger partial charge >= 0.3 is 0 Å². The number of hydrogen-bond donors (Lipinski definition) is 1. The van der Waals surface area contributed by atoms with E-state index in [1.54, 1.807) is 0 Å². The topological polar surface area (TPSA) is 76.1 Å². The standard InChI is InChI=1S/C10H12F2N2O3S/c1-2-18(16,17)6-5-14-10(15)7-3-4-13-9(12)8(7)11/h3-4H,2,5-6H2,1H3,(H,14,15). The zero-order chi connectivity index (χ0) is 13.8. The molecule has 0 aliphatic heterocycles. The van der Waals surface area contributed by atoms with Gasteiger partial charge in [-0.2, -0.15) is 4.39 Å². The summed E-state index contributed by atoms with van der Waals surface area (Å²) < 4.78 is 48.2. The van der Waals surface area contributed by atoms with Crippen molar-refractivity contribution in [1.82, 2.24) is 10.3 Å². The molecule has 0 bridgehead atoms. The molecule has 0 saturated carbocycles. The first-order chi connectivity index (χ1) is 8.37. The molecule has 18 heavy (non-hydrogen) atoms. The second kappa shape index (κ2) is 5.85. The minimum absolute atomic E-state index is 0.0406. The summed E-state index contributed by atoms with van der Waals surface area (Å²) in [6.45, 7) is 1.33. The van der Waals surface area contributed by atoms with Crippen LogP contribution < -0.4 is 5.32 Å². The van der Waals surface area contributed by atoms with E-state index in [1.807, 2.05) is 0 Å². The van der Waals surface area contributed by atoms with Gasteiger partial charge in [0.05, 0.1) is 11.3 Å². The summed E-state index contributed by atoms with van der Waals surface area (Å²) >= 11 is 0. The van der Waals surface area contributed by atoms with Crippen molar-refractivity contribution in [2.24, 2.45) is 0 Å². The maximum atomic E-state index is 13.2. The van der Waals surface area contributed by atoms with Gasteiger partial charge in [-0.3, -0.25) is 4.79 Å². The van der Waals surface area contributed by atoms with Gasteiger partial charge in [0.15, 0.2) is 15.7 Å². The van der Waals surface area contributed by atoms with Crippen molar-refractivity contribution in [3.8, 4) is 0 Å². The fraction of sp³-hybridized carbons (Fsp3) is 0.400. The van der Waals surface area contributed by atoms with Crippen LogP contribution in [0.15, 0.2) is 12.3 Å². The minimum Gasteiger partial charge on any atom is -0.351 e. The Morgan fingerprint density at radius 2 is 2.11 bits per heavy atom. The smallest absolute Gasteiger partial charge is 0.254 e. The molecule has 0 spiro atoms. The summed E-state index contributed by atoms with van der Waals surface area (Å²) in [5.41, 5.74) is -0.503. The van der Waals surface area contributed by atoms with Gasteiger partial charge in [0.2, 0.25) is 5.95 Å². The average molecular weight is 278 g/mol. The van der Waals surface area contributed by atoms with E-state index in [9.17, 15) is 22.0 Å². The van der Waals surface area contributed by atoms with Crippen molar-refractivity contribution in [2.45, 2.75) is 6.92 Å². The summed E-state index contributed by atoms with van der Waals surface area (Å²) in [5.74, 6) is -3.89. The number of amides is 1. The van der Waals surface area contributed by atoms with Crippen molar-refractivity contribution >= 4 is 15.7 Å². The second-order valence-electron chi connectivity index (χ2n) is 3.46. The number of rotatable bonds is 5. The van der Waals surface area contributed by atoms with Crippen LogP contribution in [-0.4, -0.2) is 37.4 Å². The van der Waals surface area contributed by atoms with Crippen LogP contribution in [0.1, 0.15) is 17.3 Å². The molecule has 5 nitrogen and oxygen atoms in total. The summed E-state index contributed by atoms with van der Waals surface area (Å²) in [4.78, 5) is 14.5. The molecule has 0 aliphatic carbocycles. The number of aromatic nitrogens is 1. The van der Waals surface area contributed by atoms with Gasteiger partial charge in [-0.15, -0.1) is 0 Å². The van der Waals surface area contributed by atoms with Gasteiger partial charge in [-0.05, 0) is 6.07 Å². The van der Waals surface area contributed by atoms with E-state index < -0.39 is 33.1 Å². The minimum atomic E-state index is -3.21. The number of pyridine rings is 1. The number of sulfone groups is 1. The van der Waals surface area contributed by atoms with Gasteiger partial charge in [-0.25, -0.2) is 17.8 Å². The molecule has 1 amide bonds. The molecule has 0 radical (unpaired) electrons. The molecule has 0 aromatic carbocycles. The quantitative estimate of drug-likeness (QED) is 0.797. The number of carbonyl (C=O) groups is 1. The summed E-state index contributed by atoms with van der Waals surface area (Å²) in [7, 11) is -3.21. The van der Waals surface area contributed by atoms with E-state index in [0.29, 0.717) is 0 Å². The van der Waals surface area contributed by atoms with Crippen molar-refractivity contribution in [1.29, 1.82) is 0 Å². The van der Waals surface area contributed by atoms with Gasteiger partial charge in [0, 0.05) is 18.5 Å². The van der Waals surface area contributed by atoms with Crippen molar-refractivity contribution in [3.63, 3.8) is 0 Å². The Bertz CT molecular complexity index is 546. The highest BCUT2D eigenvalue weighted by molar-refractivity contribution is 7.91. The van der Waals surface area contributed by atoms with Gasteiger partial charge < -0.3 is 5.32 Å². The molecule has 0 aliphatic rings. The van der Waals surface area contributed by atoms with Crippen molar-refractivity contribution in [2.75, 3.05) is 18.1 Å². The van der Waals surface area contributed by atoms with Crippen LogP contribution in [0, 0.1) is 11.8 Å². The van der Waals surface area contributed by atoms with Gasteiger partial charge in [-0.1, -0.05) is 6.92 Å². The molecule has 0 saturated heterocycles. The zero-order valence-electron chi connectivity index (χ0n) is 9.61. The van der Waals surface area contributed by atoms with Crippen LogP contribution in [0.25, 0.3) is 0 Å². The molecule has 1 aromatic rings. The van der Waals surface area contributed by atoms with Crippen LogP contribution in [0.5, 0.6) is 0 Å². The number of halogens is 2. The van der Waals surface area contributed by atoms with Crippen LogP contribution >= 0.6 is 0 Å². The third-order valence-electron chi connectivity index (χ3n) is 2.23. The molecule has 8 heteroatoms. The maximum Gasteiger partial charge on any atom is 0.254 e. The fourth-order valence-corrected chi connectivity index (χ4v) is 1.85. The lowest BCUT2D eigenvalue weighted by Gasteiger charge is -2.06. The van der Waals surface area contributed by atoms with Crippen LogP contribution in [0.3, 0.4) is 0 Å². The normalized spacial score (nSPS) is 11.3. The summed E-state index contributed by atoms with van der Waals surface area (Å²) in [5, 5.41) is 2.20. The number of hydrogen-bond acceptors (Lipinski definition) is 4. The number of nitrogens with zero attached hydrogens (tertiary/aromatic N) is 1. The first-order valence-corrected chi connectivity index (χ1v) is 6.98. The van der Waals surface area contributed by atoms with E-state index in [0.717, 1.165) is 12.3 Å². The first-order valence-electron chi connectivity index (χ1n) is 5.16. The molecular weight excluding hydrogens is 266 g/mol. The Morgan fingerprint density at radius 1 is 1.44 bits per heavy atom. The lowest BCUT2D eigenvalue weighted by Crippen LogP contribution is -2.30. The Kier molecular flexibility index (Phi) is 4.71. The fourth-order valence-electron chi connectivity index (χ4n) is 1.15. The Morgan fingerprint density at radius 3 is 2.72 bits per heavy atom. The van der Waals surface area contributed by atoms with Crippen molar-refractivity contribution in [3.05, 3.63) is 29.6 Å². The van der Waals surface area contributed by atoms with Crippen molar-refractivity contribution < 1.29 is 22.0 Å². The molecule has 0 atom stereocenters. The molecule has 0 unspecified atom stereocenters. The molecule has 1 aromatic heterocycles. The third kappa shape index (κ3) is 3.73. The highest BCUT2D eigenvalue weighted by Crippen LogP contribution is 2.08. The molecule has 0 fully saturated rings. The van der Waals surface area contributed by atoms with Crippen LogP contribution in [-0.2, 0) is 9.84 Å². The lowest BCUT2D eigenvalue weighted by molar-refractivity contribution is 0.0950. The number of nitrogens with one attached hydrogen (secondary N) is 1. The Labute approximate surface area is 103 Å². The summed E-state index contributed by atoms with van der Waals surface area (Å²) in [6.07, 6.45) is 0.954. The Balaban J connectivity index is 2.64. The highest BCUT2D eigenvalue weighted by atomic mass is 32.2. The molecule has 1 heterocycles. The first kappa shape index (κ1) is 14.5. The van der Waals surface area contributed by atoms with Crippen LogP contribution in [0.4, 0.5) is 8.78 Å². The molecule has 100 valence electrons. The average Bonchev–Trinajstić information content (AvgIpc) is 2.32. The predicted molar refractivity (Wildman–Crippen MR) is 60.8 cm³/mol. The molecule has 1 N–H and O–H groups in total. The van der Waals surface area contributed by atoms with Gasteiger partial charge in [0.25, 0.3) is 5.91 Å². The van der Waals surface area contributed by atoms with E-state index in [4.69, 9.17) is 0 Å².